The molecule has 8 heteroatoms. The number of carbonyl (C=O) groups excluding carboxylic acids is 1. The lowest BCUT2D eigenvalue weighted by molar-refractivity contribution is -0.142. The molecule has 212 valence electrons. The highest BCUT2D eigenvalue weighted by Crippen LogP contribution is 2.21. The number of amides is 1. The first-order valence-corrected chi connectivity index (χ1v) is 14.5. The Morgan fingerprint density at radius 1 is 0.950 bits per heavy atom. The normalized spacial score (nSPS) is 13.6. The van der Waals surface area contributed by atoms with Gasteiger partial charge in [0.25, 0.3) is 0 Å². The van der Waals surface area contributed by atoms with E-state index in [1.165, 1.54) is 31.0 Å². The van der Waals surface area contributed by atoms with Crippen LogP contribution in [-0.2, 0) is 35.3 Å². The van der Waals surface area contributed by atoms with Gasteiger partial charge in [-0.3, -0.25) is 14.6 Å². The number of pyridine rings is 1. The Labute approximate surface area is 237 Å². The molecule has 1 atom stereocenters. The maximum absolute atomic E-state index is 12.2. The summed E-state index contributed by atoms with van der Waals surface area (Å²) in [6.07, 6.45) is 10.2. The average Bonchev–Trinajstić information content (AvgIpc) is 2.97. The highest BCUT2D eigenvalue weighted by molar-refractivity contribution is 5.72. The summed E-state index contributed by atoms with van der Waals surface area (Å²) < 4.78 is 0. The fourth-order valence-corrected chi connectivity index (χ4v) is 5.27. The third-order valence-corrected chi connectivity index (χ3v) is 7.54. The van der Waals surface area contributed by atoms with Gasteiger partial charge in [-0.1, -0.05) is 36.4 Å². The molecule has 1 aliphatic rings. The first-order chi connectivity index (χ1) is 19.5. The third-order valence-electron chi connectivity index (χ3n) is 7.54. The Kier molecular flexibility index (Phi) is 11.2. The van der Waals surface area contributed by atoms with Crippen molar-refractivity contribution in [2.45, 2.75) is 64.7 Å². The molecule has 3 aromatic rings. The van der Waals surface area contributed by atoms with Crippen LogP contribution in [0.3, 0.4) is 0 Å². The van der Waals surface area contributed by atoms with Crippen molar-refractivity contribution < 1.29 is 14.7 Å². The second-order valence-electron chi connectivity index (χ2n) is 10.7. The van der Waals surface area contributed by atoms with E-state index in [9.17, 15) is 14.7 Å². The third kappa shape index (κ3) is 9.23. The molecular formula is C32H41N5O3. The Balaban J connectivity index is 1.30. The van der Waals surface area contributed by atoms with Crippen LogP contribution >= 0.6 is 0 Å². The summed E-state index contributed by atoms with van der Waals surface area (Å²) in [5, 5.41) is 12.9. The van der Waals surface area contributed by atoms with Crippen LogP contribution in [-0.4, -0.2) is 63.0 Å². The maximum Gasteiger partial charge on any atom is 0.306 e. The van der Waals surface area contributed by atoms with Gasteiger partial charge in [0, 0.05) is 55.3 Å². The predicted molar refractivity (Wildman–Crippen MR) is 156 cm³/mol. The Hall–Kier alpha value is -3.65. The van der Waals surface area contributed by atoms with Crippen molar-refractivity contribution in [1.82, 2.24) is 25.2 Å². The number of carboxylic acid groups (broad SMARTS) is 1. The van der Waals surface area contributed by atoms with E-state index in [2.05, 4.69) is 32.3 Å². The summed E-state index contributed by atoms with van der Waals surface area (Å²) in [5.74, 6) is -0.825. The van der Waals surface area contributed by atoms with Gasteiger partial charge in [-0.05, 0) is 82.2 Å². The molecule has 2 heterocycles. The van der Waals surface area contributed by atoms with E-state index in [-0.39, 0.29) is 5.91 Å². The number of aliphatic carboxylic acids is 1. The number of aromatic nitrogens is 3. The van der Waals surface area contributed by atoms with Crippen molar-refractivity contribution in [1.29, 1.82) is 0 Å². The molecule has 1 aliphatic carbocycles. The first-order valence-electron chi connectivity index (χ1n) is 14.5. The van der Waals surface area contributed by atoms with Gasteiger partial charge in [0.05, 0.1) is 5.92 Å². The molecule has 1 amide bonds. The molecule has 0 saturated heterocycles. The summed E-state index contributed by atoms with van der Waals surface area (Å²) in [6, 6.07) is 15.9. The minimum absolute atomic E-state index is 0.0557. The summed E-state index contributed by atoms with van der Waals surface area (Å²) in [4.78, 5) is 39.7. The summed E-state index contributed by atoms with van der Waals surface area (Å²) >= 11 is 0. The SMILES string of the molecule is CC(=O)NCCN(CCCCc1ccc2c(n1)CCCC2)CC[C@H](Cc1ccnc(-c2ccccc2)n1)C(=O)O. The molecule has 0 bridgehead atoms. The number of hydrogen-bond donors (Lipinski definition) is 2. The molecule has 0 saturated carbocycles. The van der Waals surface area contributed by atoms with Crippen molar-refractivity contribution in [3.05, 3.63) is 77.4 Å². The lowest BCUT2D eigenvalue weighted by Crippen LogP contribution is -2.36. The monoisotopic (exact) mass is 543 g/mol. The zero-order chi connectivity index (χ0) is 28.2. The van der Waals surface area contributed by atoms with Crippen molar-refractivity contribution in [3.63, 3.8) is 0 Å². The largest absolute Gasteiger partial charge is 0.481 e. The average molecular weight is 544 g/mol. The fourth-order valence-electron chi connectivity index (χ4n) is 5.27. The number of nitrogens with one attached hydrogen (secondary N) is 1. The quantitative estimate of drug-likeness (QED) is 0.272. The van der Waals surface area contributed by atoms with Gasteiger partial charge >= 0.3 is 5.97 Å². The van der Waals surface area contributed by atoms with Gasteiger partial charge in [-0.25, -0.2) is 9.97 Å². The standard InChI is InChI=1S/C32H41N5O3/c1-24(38)33-19-22-37(20-8-7-12-28-15-14-25-9-5-6-13-30(25)35-28)21-17-27(32(39)40)23-29-16-18-34-31(36-29)26-10-3-2-4-11-26/h2-4,10-11,14-16,18,27H,5-9,12-13,17,19-23H2,1H3,(H,33,38)(H,39,40)/t27-/m1/s1. The van der Waals surface area contributed by atoms with Gasteiger partial charge in [0.1, 0.15) is 0 Å². The number of nitrogens with zero attached hydrogens (tertiary/aromatic N) is 4. The van der Waals surface area contributed by atoms with Crippen LogP contribution in [0.1, 0.15) is 61.7 Å². The molecule has 0 unspecified atom stereocenters. The van der Waals surface area contributed by atoms with E-state index < -0.39 is 11.9 Å². The van der Waals surface area contributed by atoms with E-state index in [0.29, 0.717) is 38.3 Å². The summed E-state index contributed by atoms with van der Waals surface area (Å²) in [6.45, 7) is 4.25. The molecule has 2 aromatic heterocycles. The smallest absolute Gasteiger partial charge is 0.306 e. The predicted octanol–water partition coefficient (Wildman–Crippen LogP) is 4.51. The number of aryl methyl sites for hydroxylation is 3. The molecule has 0 aliphatic heterocycles. The topological polar surface area (TPSA) is 108 Å². The minimum Gasteiger partial charge on any atom is -0.481 e. The van der Waals surface area contributed by atoms with Gasteiger partial charge in [-0.2, -0.15) is 0 Å². The summed E-state index contributed by atoms with van der Waals surface area (Å²) in [5.41, 5.74) is 5.48. The summed E-state index contributed by atoms with van der Waals surface area (Å²) in [7, 11) is 0. The number of fused-ring (bicyclic) bond motifs is 1. The van der Waals surface area contributed by atoms with E-state index in [4.69, 9.17) is 4.98 Å². The van der Waals surface area contributed by atoms with Gasteiger partial charge < -0.3 is 15.3 Å². The second kappa shape index (κ2) is 15.2. The van der Waals surface area contributed by atoms with Crippen LogP contribution in [0.15, 0.2) is 54.7 Å². The van der Waals surface area contributed by atoms with E-state index in [0.717, 1.165) is 55.6 Å². The molecule has 1 aromatic carbocycles. The number of rotatable bonds is 15. The minimum atomic E-state index is -0.819. The molecule has 4 rings (SSSR count). The van der Waals surface area contributed by atoms with E-state index in [1.54, 1.807) is 12.3 Å². The first kappa shape index (κ1) is 29.3. The van der Waals surface area contributed by atoms with Crippen LogP contribution < -0.4 is 5.32 Å². The van der Waals surface area contributed by atoms with Crippen molar-refractivity contribution >= 4 is 11.9 Å². The Morgan fingerprint density at radius 2 is 1.77 bits per heavy atom. The zero-order valence-electron chi connectivity index (χ0n) is 23.5. The molecule has 0 fully saturated rings. The van der Waals surface area contributed by atoms with Gasteiger partial charge in [0.2, 0.25) is 5.91 Å². The zero-order valence-corrected chi connectivity index (χ0v) is 23.5. The fraction of sp³-hybridized carbons (Fsp3) is 0.469. The van der Waals surface area contributed by atoms with E-state index in [1.807, 2.05) is 30.3 Å². The van der Waals surface area contributed by atoms with Crippen molar-refractivity contribution in [2.24, 2.45) is 5.92 Å². The molecular weight excluding hydrogens is 502 g/mol. The van der Waals surface area contributed by atoms with Crippen molar-refractivity contribution in [2.75, 3.05) is 26.2 Å². The maximum atomic E-state index is 12.2. The molecule has 40 heavy (non-hydrogen) atoms. The number of carbonyl (C=O) groups is 2. The lowest BCUT2D eigenvalue weighted by Gasteiger charge is -2.24. The van der Waals surface area contributed by atoms with Gasteiger partial charge in [-0.15, -0.1) is 0 Å². The second-order valence-corrected chi connectivity index (χ2v) is 10.7. The lowest BCUT2D eigenvalue weighted by atomic mass is 9.95. The van der Waals surface area contributed by atoms with Crippen LogP contribution in [0.4, 0.5) is 0 Å². The molecule has 0 spiro atoms. The Bertz CT molecular complexity index is 1250. The van der Waals surface area contributed by atoms with Crippen LogP contribution in [0.25, 0.3) is 11.4 Å². The van der Waals surface area contributed by atoms with Gasteiger partial charge in [0.15, 0.2) is 5.82 Å². The van der Waals surface area contributed by atoms with E-state index >= 15 is 0 Å². The molecule has 0 radical (unpaired) electrons. The Morgan fingerprint density at radius 3 is 2.58 bits per heavy atom. The van der Waals surface area contributed by atoms with Crippen LogP contribution in [0, 0.1) is 5.92 Å². The molecule has 8 nitrogen and oxygen atoms in total. The molecule has 2 N–H and O–H groups in total. The number of benzene rings is 1. The van der Waals surface area contributed by atoms with Crippen LogP contribution in [0.2, 0.25) is 0 Å². The van der Waals surface area contributed by atoms with Crippen molar-refractivity contribution in [3.8, 4) is 11.4 Å². The highest BCUT2D eigenvalue weighted by Gasteiger charge is 2.21. The number of unbranched alkanes of at least 4 members (excludes halogenated alkanes) is 1. The van der Waals surface area contributed by atoms with Crippen LogP contribution in [0.5, 0.6) is 0 Å². The number of carboxylic acids is 1. The highest BCUT2D eigenvalue weighted by atomic mass is 16.4. The number of hydrogen-bond acceptors (Lipinski definition) is 6.